The van der Waals surface area contributed by atoms with Gasteiger partial charge in [-0.1, -0.05) is 26.7 Å². The fraction of sp³-hybridized carbons (Fsp3) is 0.812. The molecule has 0 aliphatic carbocycles. The Morgan fingerprint density at radius 3 is 2.38 bits per heavy atom. The lowest BCUT2D eigenvalue weighted by Crippen LogP contribution is -2.58. The molecule has 0 amide bonds. The monoisotopic (exact) mass is 296 g/mol. The van der Waals surface area contributed by atoms with E-state index >= 15 is 0 Å². The van der Waals surface area contributed by atoms with E-state index in [0.29, 0.717) is 6.67 Å². The van der Waals surface area contributed by atoms with Crippen LogP contribution < -0.4 is 5.73 Å². The second-order valence-corrected chi connectivity index (χ2v) is 5.73. The maximum absolute atomic E-state index is 5.91. The molecule has 0 atom stereocenters. The van der Waals surface area contributed by atoms with Crippen LogP contribution in [-0.4, -0.2) is 61.6 Å². The summed E-state index contributed by atoms with van der Waals surface area (Å²) in [6, 6.07) is 0. The topological polar surface area (TPSA) is 54.1 Å². The summed E-state index contributed by atoms with van der Waals surface area (Å²) in [5.74, 6) is 0. The lowest BCUT2D eigenvalue weighted by molar-refractivity contribution is -0.0393. The Kier molecular flexibility index (Phi) is 8.57. The highest BCUT2D eigenvalue weighted by Crippen LogP contribution is 2.29. The molecule has 0 radical (unpaired) electrons. The van der Waals surface area contributed by atoms with Gasteiger partial charge in [-0.3, -0.25) is 9.89 Å². The molecule has 21 heavy (non-hydrogen) atoms. The smallest absolute Gasteiger partial charge is 0.0652 e. The Hall–Kier alpha value is -0.910. The summed E-state index contributed by atoms with van der Waals surface area (Å²) < 4.78 is 5.53. The van der Waals surface area contributed by atoms with Crippen molar-refractivity contribution in [1.29, 1.82) is 0 Å². The van der Waals surface area contributed by atoms with Crippen LogP contribution in [0.4, 0.5) is 0 Å². The molecule has 1 fully saturated rings. The van der Waals surface area contributed by atoms with Gasteiger partial charge in [0.05, 0.1) is 19.9 Å². The van der Waals surface area contributed by atoms with Crippen LogP contribution in [0.5, 0.6) is 0 Å². The summed E-state index contributed by atoms with van der Waals surface area (Å²) in [4.78, 5) is 8.56. The van der Waals surface area contributed by atoms with Crippen LogP contribution in [0.1, 0.15) is 39.5 Å². The van der Waals surface area contributed by atoms with Gasteiger partial charge in [0.1, 0.15) is 0 Å². The Balaban J connectivity index is 2.90. The van der Waals surface area contributed by atoms with Crippen molar-refractivity contribution in [3.63, 3.8) is 0 Å². The first-order chi connectivity index (χ1) is 10.2. The molecule has 1 rings (SSSR count). The molecule has 0 aromatic carbocycles. The average Bonchev–Trinajstić information content (AvgIpc) is 2.52. The number of hydrogen-bond acceptors (Lipinski definition) is 5. The number of ether oxygens (including phenoxy) is 1. The van der Waals surface area contributed by atoms with E-state index in [2.05, 4.69) is 35.4 Å². The molecule has 122 valence electrons. The molecule has 5 heteroatoms. The lowest BCUT2D eigenvalue weighted by Gasteiger charge is -2.48. The van der Waals surface area contributed by atoms with Gasteiger partial charge in [0.2, 0.25) is 0 Å². The second kappa shape index (κ2) is 9.92. The van der Waals surface area contributed by atoms with Crippen molar-refractivity contribution < 1.29 is 4.74 Å². The third kappa shape index (κ3) is 5.41. The normalized spacial score (nSPS) is 17.3. The van der Waals surface area contributed by atoms with Crippen LogP contribution in [0, 0.1) is 0 Å². The first-order valence-corrected chi connectivity index (χ1v) is 8.11. The van der Waals surface area contributed by atoms with E-state index in [-0.39, 0.29) is 5.54 Å². The summed E-state index contributed by atoms with van der Waals surface area (Å²) >= 11 is 0. The number of morpholine rings is 1. The Bertz CT molecular complexity index is 307. The van der Waals surface area contributed by atoms with Crippen molar-refractivity contribution in [2.45, 2.75) is 45.1 Å². The molecule has 0 aromatic rings. The zero-order valence-electron chi connectivity index (χ0n) is 13.8. The van der Waals surface area contributed by atoms with Gasteiger partial charge in [0.25, 0.3) is 0 Å². The van der Waals surface area contributed by atoms with Gasteiger partial charge in [0.15, 0.2) is 0 Å². The fourth-order valence-corrected chi connectivity index (χ4v) is 3.37. The molecular weight excluding hydrogens is 264 g/mol. The molecule has 2 N–H and O–H groups in total. The van der Waals surface area contributed by atoms with Gasteiger partial charge < -0.3 is 15.4 Å². The highest BCUT2D eigenvalue weighted by Gasteiger charge is 2.37. The first kappa shape index (κ1) is 18.1. The highest BCUT2D eigenvalue weighted by molar-refractivity contribution is 5.25. The number of hydrogen-bond donors (Lipinski definition) is 1. The molecule has 0 bridgehead atoms. The predicted molar refractivity (Wildman–Crippen MR) is 89.4 cm³/mol. The Morgan fingerprint density at radius 1 is 1.29 bits per heavy atom. The summed E-state index contributed by atoms with van der Waals surface area (Å²) in [7, 11) is 0. The van der Waals surface area contributed by atoms with E-state index in [4.69, 9.17) is 10.5 Å². The van der Waals surface area contributed by atoms with E-state index < -0.39 is 0 Å². The van der Waals surface area contributed by atoms with Crippen LogP contribution in [0.25, 0.3) is 0 Å². The second-order valence-electron chi connectivity index (χ2n) is 5.73. The van der Waals surface area contributed by atoms with Crippen LogP contribution in [0.15, 0.2) is 17.4 Å². The van der Waals surface area contributed by atoms with Crippen molar-refractivity contribution in [3.8, 4) is 0 Å². The number of nitrogens with two attached hydrogens (primary N) is 1. The molecule has 0 saturated carbocycles. The molecule has 0 aromatic heterocycles. The fourth-order valence-electron chi connectivity index (χ4n) is 3.37. The minimum absolute atomic E-state index is 0.179. The Morgan fingerprint density at radius 2 is 1.90 bits per heavy atom. The average molecular weight is 296 g/mol. The van der Waals surface area contributed by atoms with Crippen LogP contribution in [0.3, 0.4) is 0 Å². The molecule has 5 nitrogen and oxygen atoms in total. The van der Waals surface area contributed by atoms with E-state index in [1.165, 1.54) is 25.7 Å². The molecule has 1 aliphatic heterocycles. The summed E-state index contributed by atoms with van der Waals surface area (Å²) in [6.07, 6.45) is 8.40. The van der Waals surface area contributed by atoms with Crippen molar-refractivity contribution in [1.82, 2.24) is 9.80 Å². The van der Waals surface area contributed by atoms with Crippen molar-refractivity contribution in [2.24, 2.45) is 10.7 Å². The largest absolute Gasteiger partial charge is 0.379 e. The van der Waals surface area contributed by atoms with Crippen LogP contribution in [-0.2, 0) is 4.74 Å². The predicted octanol–water partition coefficient (Wildman–Crippen LogP) is 2.05. The van der Waals surface area contributed by atoms with Gasteiger partial charge in [-0.25, -0.2) is 0 Å². The van der Waals surface area contributed by atoms with Crippen molar-refractivity contribution in [2.75, 3.05) is 39.5 Å². The van der Waals surface area contributed by atoms with Gasteiger partial charge >= 0.3 is 0 Å². The van der Waals surface area contributed by atoms with E-state index in [9.17, 15) is 0 Å². The third-order valence-electron chi connectivity index (χ3n) is 4.23. The first-order valence-electron chi connectivity index (χ1n) is 8.11. The standard InChI is InChI=1S/C16H32N4O/c1-4-6-16(7-5-2,20-10-12-21-13-11-20)14-19(15-17)9-8-18-3/h8-9H,3-7,10-15,17H2,1-2H3/b9-8-. The Labute approximate surface area is 129 Å². The van der Waals surface area contributed by atoms with Crippen molar-refractivity contribution >= 4 is 6.72 Å². The highest BCUT2D eigenvalue weighted by atomic mass is 16.5. The minimum atomic E-state index is 0.179. The quantitative estimate of drug-likeness (QED) is 0.495. The molecule has 0 spiro atoms. The van der Waals surface area contributed by atoms with Gasteiger partial charge in [-0.15, -0.1) is 0 Å². The zero-order chi connectivity index (χ0) is 15.6. The summed E-state index contributed by atoms with van der Waals surface area (Å²) in [6.45, 7) is 13.2. The molecule has 1 saturated heterocycles. The van der Waals surface area contributed by atoms with Crippen LogP contribution >= 0.6 is 0 Å². The van der Waals surface area contributed by atoms with Crippen LogP contribution in [0.2, 0.25) is 0 Å². The molecule has 1 aliphatic rings. The molecule has 1 heterocycles. The lowest BCUT2D eigenvalue weighted by atomic mass is 9.85. The maximum Gasteiger partial charge on any atom is 0.0652 e. The SMILES string of the molecule is C=N/C=C\N(CN)CC(CCC)(CCC)N1CCOCC1. The van der Waals surface area contributed by atoms with E-state index in [0.717, 1.165) is 32.8 Å². The molecule has 0 unspecified atom stereocenters. The zero-order valence-corrected chi connectivity index (χ0v) is 13.8. The van der Waals surface area contributed by atoms with Gasteiger partial charge in [-0.05, 0) is 19.6 Å². The van der Waals surface area contributed by atoms with Crippen molar-refractivity contribution in [3.05, 3.63) is 12.4 Å². The number of rotatable bonds is 10. The van der Waals surface area contributed by atoms with E-state index in [1.54, 1.807) is 6.20 Å². The minimum Gasteiger partial charge on any atom is -0.379 e. The van der Waals surface area contributed by atoms with Gasteiger partial charge in [-0.2, -0.15) is 0 Å². The van der Waals surface area contributed by atoms with Gasteiger partial charge in [0, 0.05) is 37.6 Å². The number of aliphatic imine (C=N–C) groups is 1. The third-order valence-corrected chi connectivity index (χ3v) is 4.23. The van der Waals surface area contributed by atoms with E-state index in [1.807, 2.05) is 6.20 Å². The maximum atomic E-state index is 5.91. The molecular formula is C16H32N4O. The summed E-state index contributed by atoms with van der Waals surface area (Å²) in [5.41, 5.74) is 6.09. The number of nitrogens with zero attached hydrogens (tertiary/aromatic N) is 3. The summed E-state index contributed by atoms with van der Waals surface area (Å²) in [5, 5.41) is 0.